The van der Waals surface area contributed by atoms with Gasteiger partial charge in [0.1, 0.15) is 17.3 Å². The Balaban J connectivity index is 1.80. The van der Waals surface area contributed by atoms with Crippen molar-refractivity contribution >= 4 is 16.8 Å². The lowest BCUT2D eigenvalue weighted by Crippen LogP contribution is -2.31. The molecule has 0 saturated carbocycles. The Hall–Kier alpha value is -2.63. The Labute approximate surface area is 147 Å². The predicted molar refractivity (Wildman–Crippen MR) is 99.0 cm³/mol. The number of nitrogens with zero attached hydrogens (tertiary/aromatic N) is 3. The highest BCUT2D eigenvalue weighted by Crippen LogP contribution is 2.26. The summed E-state index contributed by atoms with van der Waals surface area (Å²) < 4.78 is 1.85. The van der Waals surface area contributed by atoms with Gasteiger partial charge in [-0.3, -0.25) is 4.79 Å². The maximum atomic E-state index is 12.7. The van der Waals surface area contributed by atoms with E-state index < -0.39 is 0 Å². The first kappa shape index (κ1) is 17.2. The highest BCUT2D eigenvalue weighted by atomic mass is 16.1. The van der Waals surface area contributed by atoms with Crippen LogP contribution in [0.3, 0.4) is 0 Å². The molecule has 6 nitrogen and oxygen atoms in total. The third-order valence-electron chi connectivity index (χ3n) is 4.62. The molecule has 2 aromatic heterocycles. The average molecular weight is 339 g/mol. The second-order valence-corrected chi connectivity index (χ2v) is 6.84. The van der Waals surface area contributed by atoms with E-state index in [4.69, 9.17) is 0 Å². The van der Waals surface area contributed by atoms with Crippen molar-refractivity contribution < 1.29 is 4.79 Å². The highest BCUT2D eigenvalue weighted by molar-refractivity contribution is 6.01. The van der Waals surface area contributed by atoms with Crippen LogP contribution >= 0.6 is 0 Å². The van der Waals surface area contributed by atoms with Crippen LogP contribution in [0, 0.1) is 34.6 Å². The maximum absolute atomic E-state index is 12.7. The number of benzene rings is 1. The van der Waals surface area contributed by atoms with Crippen LogP contribution in [-0.4, -0.2) is 32.2 Å². The second kappa shape index (κ2) is 6.35. The van der Waals surface area contributed by atoms with E-state index in [0.29, 0.717) is 12.2 Å². The summed E-state index contributed by atoms with van der Waals surface area (Å²) in [7, 11) is 0. The first-order chi connectivity index (χ1) is 11.8. The minimum atomic E-state index is -0.0907. The number of aromatic amines is 1. The summed E-state index contributed by atoms with van der Waals surface area (Å²) in [6, 6.07) is 4.28. The third kappa shape index (κ3) is 3.16. The molecule has 2 N–H and O–H groups in total. The SMILES string of the molecule is Cc1cc(C)c2[nH]c(C(=O)NCC(C)n3nc(C)nc3C)c(C)c2c1. The molecule has 6 heteroatoms. The molecule has 0 radical (unpaired) electrons. The monoisotopic (exact) mass is 339 g/mol. The van der Waals surface area contributed by atoms with Crippen LogP contribution in [0.2, 0.25) is 0 Å². The number of H-pyrrole nitrogens is 1. The Morgan fingerprint density at radius 3 is 2.60 bits per heavy atom. The molecule has 1 unspecified atom stereocenters. The van der Waals surface area contributed by atoms with E-state index in [1.54, 1.807) is 0 Å². The van der Waals surface area contributed by atoms with Gasteiger partial charge in [-0.2, -0.15) is 5.10 Å². The van der Waals surface area contributed by atoms with E-state index in [9.17, 15) is 4.79 Å². The maximum Gasteiger partial charge on any atom is 0.268 e. The van der Waals surface area contributed by atoms with Gasteiger partial charge in [-0.25, -0.2) is 9.67 Å². The fourth-order valence-electron chi connectivity index (χ4n) is 3.38. The molecule has 0 spiro atoms. The lowest BCUT2D eigenvalue weighted by molar-refractivity contribution is 0.0943. The molecule has 0 bridgehead atoms. The van der Waals surface area contributed by atoms with Crippen molar-refractivity contribution in [1.82, 2.24) is 25.1 Å². The number of carbonyl (C=O) groups excluding carboxylic acids is 1. The normalized spacial score (nSPS) is 12.6. The average Bonchev–Trinajstić information content (AvgIpc) is 3.05. The van der Waals surface area contributed by atoms with Gasteiger partial charge in [-0.05, 0) is 58.7 Å². The van der Waals surface area contributed by atoms with E-state index >= 15 is 0 Å². The first-order valence-electron chi connectivity index (χ1n) is 8.55. The van der Waals surface area contributed by atoms with Crippen molar-refractivity contribution in [2.45, 2.75) is 47.6 Å². The minimum Gasteiger partial charge on any atom is -0.350 e. The lowest BCUT2D eigenvalue weighted by atomic mass is 10.1. The smallest absolute Gasteiger partial charge is 0.268 e. The summed E-state index contributed by atoms with van der Waals surface area (Å²) in [6.07, 6.45) is 0. The molecule has 1 amide bonds. The third-order valence-corrected chi connectivity index (χ3v) is 4.62. The first-order valence-corrected chi connectivity index (χ1v) is 8.55. The van der Waals surface area contributed by atoms with E-state index in [2.05, 4.69) is 46.4 Å². The number of fused-ring (bicyclic) bond motifs is 1. The zero-order chi connectivity index (χ0) is 18.3. The number of aryl methyl sites for hydroxylation is 5. The molecule has 0 aliphatic carbocycles. The second-order valence-electron chi connectivity index (χ2n) is 6.84. The van der Waals surface area contributed by atoms with E-state index in [-0.39, 0.29) is 11.9 Å². The van der Waals surface area contributed by atoms with Crippen LogP contribution in [0.4, 0.5) is 0 Å². The minimum absolute atomic E-state index is 0.0406. The lowest BCUT2D eigenvalue weighted by Gasteiger charge is -2.14. The van der Waals surface area contributed by atoms with E-state index in [1.807, 2.05) is 32.4 Å². The van der Waals surface area contributed by atoms with Crippen molar-refractivity contribution in [2.24, 2.45) is 0 Å². The quantitative estimate of drug-likeness (QED) is 0.766. The molecule has 0 fully saturated rings. The molecule has 3 aromatic rings. The number of nitrogens with one attached hydrogen (secondary N) is 2. The summed E-state index contributed by atoms with van der Waals surface area (Å²) in [6.45, 7) is 12.4. The van der Waals surface area contributed by atoms with Gasteiger partial charge in [-0.15, -0.1) is 0 Å². The molecule has 0 saturated heterocycles. The van der Waals surface area contributed by atoms with Gasteiger partial charge >= 0.3 is 0 Å². The molecule has 0 aliphatic heterocycles. The van der Waals surface area contributed by atoms with Gasteiger partial charge in [0.2, 0.25) is 0 Å². The van der Waals surface area contributed by atoms with Crippen molar-refractivity contribution in [2.75, 3.05) is 6.54 Å². The largest absolute Gasteiger partial charge is 0.350 e. The van der Waals surface area contributed by atoms with Gasteiger partial charge in [0, 0.05) is 17.4 Å². The fraction of sp³-hybridized carbons (Fsp3) is 0.421. The van der Waals surface area contributed by atoms with Crippen molar-refractivity contribution in [3.63, 3.8) is 0 Å². The van der Waals surface area contributed by atoms with Gasteiger partial charge in [0.05, 0.1) is 6.04 Å². The van der Waals surface area contributed by atoms with E-state index in [0.717, 1.165) is 33.7 Å². The van der Waals surface area contributed by atoms with Gasteiger partial charge in [0.25, 0.3) is 5.91 Å². The predicted octanol–water partition coefficient (Wildman–Crippen LogP) is 3.29. The van der Waals surface area contributed by atoms with Crippen LogP contribution in [0.5, 0.6) is 0 Å². The number of hydrogen-bond acceptors (Lipinski definition) is 3. The topological polar surface area (TPSA) is 75.6 Å². The number of amides is 1. The Morgan fingerprint density at radius 1 is 1.24 bits per heavy atom. The number of carbonyl (C=O) groups is 1. The van der Waals surface area contributed by atoms with Crippen LogP contribution < -0.4 is 5.32 Å². The van der Waals surface area contributed by atoms with E-state index in [1.165, 1.54) is 5.56 Å². The van der Waals surface area contributed by atoms with Crippen LogP contribution in [-0.2, 0) is 0 Å². The Kier molecular flexibility index (Phi) is 4.37. The molecule has 3 rings (SSSR count). The summed E-state index contributed by atoms with van der Waals surface area (Å²) >= 11 is 0. The van der Waals surface area contributed by atoms with Gasteiger partial charge < -0.3 is 10.3 Å². The van der Waals surface area contributed by atoms with Crippen molar-refractivity contribution in [3.05, 3.63) is 46.2 Å². The van der Waals surface area contributed by atoms with Crippen molar-refractivity contribution in [1.29, 1.82) is 0 Å². The summed E-state index contributed by atoms with van der Waals surface area (Å²) in [5, 5.41) is 8.50. The molecule has 25 heavy (non-hydrogen) atoms. The van der Waals surface area contributed by atoms with Crippen molar-refractivity contribution in [3.8, 4) is 0 Å². The molecule has 2 heterocycles. The van der Waals surface area contributed by atoms with Crippen LogP contribution in [0.25, 0.3) is 10.9 Å². The molecule has 132 valence electrons. The molecular formula is C19H25N5O. The fourth-order valence-corrected chi connectivity index (χ4v) is 3.38. The summed E-state index contributed by atoms with van der Waals surface area (Å²) in [4.78, 5) is 20.3. The summed E-state index contributed by atoms with van der Waals surface area (Å²) in [5.74, 6) is 1.51. The number of aromatic nitrogens is 4. The Morgan fingerprint density at radius 2 is 1.96 bits per heavy atom. The number of rotatable bonds is 4. The highest BCUT2D eigenvalue weighted by Gasteiger charge is 2.18. The Bertz CT molecular complexity index is 951. The molecular weight excluding hydrogens is 314 g/mol. The molecule has 0 aliphatic rings. The zero-order valence-electron chi connectivity index (χ0n) is 15.7. The van der Waals surface area contributed by atoms with Gasteiger partial charge in [0.15, 0.2) is 0 Å². The molecule has 1 aromatic carbocycles. The zero-order valence-corrected chi connectivity index (χ0v) is 15.7. The van der Waals surface area contributed by atoms with Gasteiger partial charge in [-0.1, -0.05) is 11.6 Å². The molecule has 1 atom stereocenters. The number of hydrogen-bond donors (Lipinski definition) is 2. The standard InChI is InChI=1S/C19H25N5O/c1-10-7-11(2)17-16(8-10)13(4)18(22-17)19(25)20-9-12(3)24-15(6)21-14(5)23-24/h7-8,12,22H,9H2,1-6H3,(H,20,25). The summed E-state index contributed by atoms with van der Waals surface area (Å²) in [5.41, 5.74) is 5.00. The van der Waals surface area contributed by atoms with Crippen LogP contribution in [0.15, 0.2) is 12.1 Å². The van der Waals surface area contributed by atoms with Crippen LogP contribution in [0.1, 0.15) is 51.8 Å².